The Bertz CT molecular complexity index is 533. The summed E-state index contributed by atoms with van der Waals surface area (Å²) in [6.45, 7) is 3.68. The van der Waals surface area contributed by atoms with E-state index in [1.54, 1.807) is 19.1 Å². The van der Waals surface area contributed by atoms with E-state index in [9.17, 15) is 9.59 Å². The predicted molar refractivity (Wildman–Crippen MR) is 76.9 cm³/mol. The summed E-state index contributed by atoms with van der Waals surface area (Å²) in [5.74, 6) is -0.730. The lowest BCUT2D eigenvalue weighted by Crippen LogP contribution is -2.22. The Kier molecular flexibility index (Phi) is 5.77. The number of aryl methyl sites for hydroxylation is 1. The van der Waals surface area contributed by atoms with Gasteiger partial charge in [0.05, 0.1) is 10.6 Å². The Labute approximate surface area is 129 Å². The highest BCUT2D eigenvalue weighted by molar-refractivity contribution is 5.90. The van der Waals surface area contributed by atoms with Crippen LogP contribution in [0.5, 0.6) is 0 Å². The Morgan fingerprint density at radius 1 is 1.05 bits per heavy atom. The van der Waals surface area contributed by atoms with Gasteiger partial charge < -0.3 is 4.74 Å². The number of ether oxygens (including phenoxy) is 1. The first-order chi connectivity index (χ1) is 10.6. The molecule has 0 amide bonds. The molecule has 6 heteroatoms. The minimum atomic E-state index is -0.999. The van der Waals surface area contributed by atoms with Gasteiger partial charge in [-0.3, -0.25) is 4.89 Å². The lowest BCUT2D eigenvalue weighted by Gasteiger charge is -2.20. The van der Waals surface area contributed by atoms with Crippen LogP contribution in [-0.2, 0) is 19.6 Å². The second-order valence-corrected chi connectivity index (χ2v) is 5.40. The van der Waals surface area contributed by atoms with Crippen LogP contribution in [0.25, 0.3) is 0 Å². The van der Waals surface area contributed by atoms with E-state index in [1.165, 1.54) is 0 Å². The third-order valence-corrected chi connectivity index (χ3v) is 3.85. The number of carbonyl (C=O) groups excluding carboxylic acids is 2. The van der Waals surface area contributed by atoms with Gasteiger partial charge in [0.15, 0.2) is 0 Å². The molecule has 0 unspecified atom stereocenters. The molecule has 2 rings (SSSR count). The molecule has 22 heavy (non-hydrogen) atoms. The molecule has 1 aromatic rings. The summed E-state index contributed by atoms with van der Waals surface area (Å²) >= 11 is 0. The summed E-state index contributed by atoms with van der Waals surface area (Å²) in [4.78, 5) is 32.0. The van der Waals surface area contributed by atoms with E-state index in [0.717, 1.165) is 43.2 Å². The minimum Gasteiger partial charge on any atom is -0.429 e. The van der Waals surface area contributed by atoms with Crippen LogP contribution in [0, 0.1) is 13.8 Å². The van der Waals surface area contributed by atoms with Crippen molar-refractivity contribution in [3.63, 3.8) is 0 Å². The van der Waals surface area contributed by atoms with Crippen LogP contribution in [0.1, 0.15) is 53.6 Å². The number of benzene rings is 1. The Morgan fingerprint density at radius 3 is 2.50 bits per heavy atom. The molecule has 0 atom stereocenters. The van der Waals surface area contributed by atoms with Crippen LogP contribution in [0.3, 0.4) is 0 Å². The lowest BCUT2D eigenvalue weighted by atomic mass is 9.98. The summed E-state index contributed by atoms with van der Waals surface area (Å²) in [6.07, 6.45) is 3.69. The minimum absolute atomic E-state index is 0.153. The van der Waals surface area contributed by atoms with Crippen molar-refractivity contribution < 1.29 is 29.1 Å². The summed E-state index contributed by atoms with van der Waals surface area (Å²) in [5.41, 5.74) is 2.08. The molecule has 0 spiro atoms. The molecule has 1 aromatic carbocycles. The number of hydrogen-bond acceptors (Lipinski definition) is 6. The molecule has 0 bridgehead atoms. The van der Waals surface area contributed by atoms with Crippen molar-refractivity contribution in [2.45, 2.75) is 52.1 Å². The Balaban J connectivity index is 1.74. The van der Waals surface area contributed by atoms with Gasteiger partial charge in [0.25, 0.3) is 0 Å². The highest BCUT2D eigenvalue weighted by Gasteiger charge is 2.20. The number of carbonyl (C=O) groups is 2. The Hall–Kier alpha value is -2.08. The normalized spacial score (nSPS) is 15.2. The molecule has 0 radical (unpaired) electrons. The van der Waals surface area contributed by atoms with Crippen LogP contribution in [0.4, 0.5) is 4.79 Å². The molecule has 120 valence electrons. The monoisotopic (exact) mass is 308 g/mol. The van der Waals surface area contributed by atoms with Crippen molar-refractivity contribution in [3.8, 4) is 0 Å². The fraction of sp³-hybridized carbons (Fsp3) is 0.500. The second-order valence-electron chi connectivity index (χ2n) is 5.40. The average molecular weight is 308 g/mol. The summed E-state index contributed by atoms with van der Waals surface area (Å²) in [5, 5.41) is 4.22. The summed E-state index contributed by atoms with van der Waals surface area (Å²) in [7, 11) is 0. The van der Waals surface area contributed by atoms with Gasteiger partial charge in [0.2, 0.25) is 0 Å². The van der Waals surface area contributed by atoms with Gasteiger partial charge in [-0.25, -0.2) is 14.5 Å². The molecule has 0 aromatic heterocycles. The van der Waals surface area contributed by atoms with Crippen LogP contribution >= 0.6 is 0 Å². The van der Waals surface area contributed by atoms with Gasteiger partial charge >= 0.3 is 12.1 Å². The third-order valence-electron chi connectivity index (χ3n) is 3.85. The second kappa shape index (κ2) is 7.79. The maximum atomic E-state index is 11.8. The fourth-order valence-electron chi connectivity index (χ4n) is 2.43. The molecule has 6 nitrogen and oxygen atoms in total. The number of hydrogen-bond donors (Lipinski definition) is 0. The topological polar surface area (TPSA) is 71.1 Å². The molecule has 0 aliphatic heterocycles. The maximum Gasteiger partial charge on any atom is 0.543 e. The van der Waals surface area contributed by atoms with Crippen molar-refractivity contribution in [2.24, 2.45) is 0 Å². The molecule has 0 saturated heterocycles. The quantitative estimate of drug-likeness (QED) is 0.479. The van der Waals surface area contributed by atoms with Gasteiger partial charge in [-0.2, -0.15) is 0 Å². The zero-order valence-electron chi connectivity index (χ0n) is 12.8. The van der Waals surface area contributed by atoms with E-state index in [-0.39, 0.29) is 6.10 Å². The van der Waals surface area contributed by atoms with E-state index >= 15 is 0 Å². The number of rotatable bonds is 4. The van der Waals surface area contributed by atoms with Gasteiger partial charge in [-0.15, -0.1) is 0 Å². The molecule has 0 N–H and O–H groups in total. The SMILES string of the molecule is Cc1cccc(C(=O)OOOC(=O)OC2CCCCC2)c1C. The predicted octanol–water partition coefficient (Wildman–Crippen LogP) is 3.79. The van der Waals surface area contributed by atoms with Gasteiger partial charge in [-0.05, 0) is 56.7 Å². The van der Waals surface area contributed by atoms with Crippen molar-refractivity contribution in [3.05, 3.63) is 34.9 Å². The van der Waals surface area contributed by atoms with Crippen molar-refractivity contribution >= 4 is 12.1 Å². The van der Waals surface area contributed by atoms with Gasteiger partial charge in [-0.1, -0.05) is 18.6 Å². The summed E-state index contributed by atoms with van der Waals surface area (Å²) in [6, 6.07) is 5.22. The molecule has 0 heterocycles. The molecular weight excluding hydrogens is 288 g/mol. The first-order valence-corrected chi connectivity index (χ1v) is 7.40. The average Bonchev–Trinajstić information content (AvgIpc) is 2.51. The van der Waals surface area contributed by atoms with Crippen molar-refractivity contribution in [1.82, 2.24) is 0 Å². The molecular formula is C16H20O6. The van der Waals surface area contributed by atoms with E-state index in [0.29, 0.717) is 5.56 Å². The standard InChI is InChI=1S/C16H20O6/c1-11-7-6-10-14(12(11)2)15(17)20-22-21-16(18)19-13-8-4-3-5-9-13/h6-7,10,13H,3-5,8-9H2,1-2H3. The zero-order chi connectivity index (χ0) is 15.9. The van der Waals surface area contributed by atoms with Gasteiger partial charge in [0.1, 0.15) is 6.10 Å². The van der Waals surface area contributed by atoms with E-state index in [4.69, 9.17) is 4.74 Å². The van der Waals surface area contributed by atoms with Crippen molar-refractivity contribution in [2.75, 3.05) is 0 Å². The van der Waals surface area contributed by atoms with Crippen LogP contribution < -0.4 is 0 Å². The largest absolute Gasteiger partial charge is 0.543 e. The first-order valence-electron chi connectivity index (χ1n) is 7.40. The van der Waals surface area contributed by atoms with E-state index < -0.39 is 12.1 Å². The summed E-state index contributed by atoms with van der Waals surface area (Å²) < 4.78 is 5.04. The first kappa shape index (κ1) is 16.3. The molecule has 1 fully saturated rings. The zero-order valence-corrected chi connectivity index (χ0v) is 12.8. The maximum absolute atomic E-state index is 11.8. The van der Waals surface area contributed by atoms with E-state index in [1.807, 2.05) is 13.0 Å². The van der Waals surface area contributed by atoms with Crippen LogP contribution in [0.2, 0.25) is 0 Å². The third kappa shape index (κ3) is 4.46. The molecule has 1 aliphatic rings. The molecule has 1 aliphatic carbocycles. The highest BCUT2D eigenvalue weighted by Crippen LogP contribution is 2.20. The lowest BCUT2D eigenvalue weighted by molar-refractivity contribution is -0.453. The highest BCUT2D eigenvalue weighted by atomic mass is 17.5. The van der Waals surface area contributed by atoms with Gasteiger partial charge in [0, 0.05) is 0 Å². The fourth-order valence-corrected chi connectivity index (χ4v) is 2.43. The van der Waals surface area contributed by atoms with Crippen LogP contribution in [0.15, 0.2) is 18.2 Å². The van der Waals surface area contributed by atoms with Crippen LogP contribution in [-0.4, -0.2) is 18.2 Å². The molecule has 1 saturated carbocycles. The Morgan fingerprint density at radius 2 is 1.77 bits per heavy atom. The van der Waals surface area contributed by atoms with Crippen molar-refractivity contribution in [1.29, 1.82) is 0 Å². The smallest absolute Gasteiger partial charge is 0.429 e. The van der Waals surface area contributed by atoms with E-state index in [2.05, 4.69) is 14.8 Å².